The summed E-state index contributed by atoms with van der Waals surface area (Å²) in [7, 11) is 0. The van der Waals surface area contributed by atoms with Crippen LogP contribution < -0.4 is 0 Å². The molecule has 0 saturated carbocycles. The largest absolute Gasteiger partial charge is 0.240 e. The van der Waals surface area contributed by atoms with Gasteiger partial charge in [-0.25, -0.2) is 9.59 Å². The van der Waals surface area contributed by atoms with E-state index < -0.39 is 0 Å². The van der Waals surface area contributed by atoms with Gasteiger partial charge in [-0.05, 0) is 48.6 Å². The lowest BCUT2D eigenvalue weighted by molar-refractivity contribution is 0.564. The number of carbonyl (C=O) groups excluding carboxylic acids is 2. The highest BCUT2D eigenvalue weighted by molar-refractivity contribution is 5.49. The van der Waals surface area contributed by atoms with Crippen molar-refractivity contribution in [3.63, 3.8) is 0 Å². The molecule has 1 aromatic rings. The Morgan fingerprint density at radius 1 is 1.05 bits per heavy atom. The summed E-state index contributed by atoms with van der Waals surface area (Å²) in [6.45, 7) is 0. The number of aliphatic imine (C=N–C) groups is 2. The Balaban J connectivity index is 2.10. The summed E-state index contributed by atoms with van der Waals surface area (Å²) in [6.07, 6.45) is 9.59. The molecule has 0 aliphatic heterocycles. The third-order valence-electron chi connectivity index (χ3n) is 2.87. The molecule has 0 bridgehead atoms. The average Bonchev–Trinajstić information content (AvgIpc) is 2.42. The summed E-state index contributed by atoms with van der Waals surface area (Å²) in [5.74, 6) is 0. The van der Waals surface area contributed by atoms with Gasteiger partial charge < -0.3 is 0 Å². The molecule has 0 saturated heterocycles. The van der Waals surface area contributed by atoms with Crippen molar-refractivity contribution >= 4 is 17.8 Å². The van der Waals surface area contributed by atoms with E-state index in [1.165, 1.54) is 6.08 Å². The first kappa shape index (κ1) is 12.9. The molecular formula is C15H12N2O2. The Morgan fingerprint density at radius 2 is 1.79 bits per heavy atom. The molecule has 0 unspecified atom stereocenters. The number of allylic oxidation sites excluding steroid dienone is 4. The van der Waals surface area contributed by atoms with Gasteiger partial charge in [-0.3, -0.25) is 0 Å². The van der Waals surface area contributed by atoms with E-state index in [1.807, 2.05) is 18.2 Å². The summed E-state index contributed by atoms with van der Waals surface area (Å²) in [5.41, 5.74) is 3.61. The molecule has 0 radical (unpaired) electrons. The molecule has 1 aliphatic carbocycles. The minimum absolute atomic E-state index is 0.596. The lowest BCUT2D eigenvalue weighted by Gasteiger charge is -2.10. The van der Waals surface area contributed by atoms with Gasteiger partial charge in [-0.1, -0.05) is 18.2 Å². The minimum Gasteiger partial charge on any atom is -0.211 e. The minimum atomic E-state index is 0.596. The van der Waals surface area contributed by atoms with Gasteiger partial charge >= 0.3 is 0 Å². The highest BCUT2D eigenvalue weighted by Crippen LogP contribution is 2.22. The van der Waals surface area contributed by atoms with Crippen molar-refractivity contribution in [3.8, 4) is 0 Å². The van der Waals surface area contributed by atoms with E-state index in [9.17, 15) is 9.59 Å². The summed E-state index contributed by atoms with van der Waals surface area (Å²) in [4.78, 5) is 27.6. The van der Waals surface area contributed by atoms with Crippen LogP contribution in [0.3, 0.4) is 0 Å². The number of rotatable bonds is 4. The van der Waals surface area contributed by atoms with Crippen molar-refractivity contribution in [2.75, 3.05) is 0 Å². The fourth-order valence-corrected chi connectivity index (χ4v) is 2.00. The smallest absolute Gasteiger partial charge is 0.211 e. The molecule has 0 amide bonds. The van der Waals surface area contributed by atoms with E-state index in [4.69, 9.17) is 0 Å². The van der Waals surface area contributed by atoms with E-state index in [0.717, 1.165) is 36.1 Å². The van der Waals surface area contributed by atoms with Crippen LogP contribution in [0.2, 0.25) is 0 Å². The Labute approximate surface area is 110 Å². The molecule has 4 heteroatoms. The van der Waals surface area contributed by atoms with E-state index in [0.29, 0.717) is 5.69 Å². The molecule has 4 nitrogen and oxygen atoms in total. The number of nitrogens with zero attached hydrogens (tertiary/aromatic N) is 2. The van der Waals surface area contributed by atoms with Crippen LogP contribution in [0.4, 0.5) is 5.69 Å². The predicted molar refractivity (Wildman–Crippen MR) is 71.4 cm³/mol. The van der Waals surface area contributed by atoms with Crippen LogP contribution in [0, 0.1) is 0 Å². The molecule has 0 atom stereocenters. The highest BCUT2D eigenvalue weighted by Gasteiger charge is 2.05. The lowest BCUT2D eigenvalue weighted by Crippen LogP contribution is -1.94. The molecule has 1 aliphatic rings. The number of hydrogen-bond acceptors (Lipinski definition) is 4. The fraction of sp³-hybridized carbons (Fsp3) is 0.200. The van der Waals surface area contributed by atoms with Crippen LogP contribution in [0.5, 0.6) is 0 Å². The fourth-order valence-electron chi connectivity index (χ4n) is 2.00. The second kappa shape index (κ2) is 6.41. The zero-order chi connectivity index (χ0) is 13.5. The number of isocyanates is 2. The quantitative estimate of drug-likeness (QED) is 0.610. The number of hydrogen-bond donors (Lipinski definition) is 0. The van der Waals surface area contributed by atoms with Crippen molar-refractivity contribution in [2.45, 2.75) is 19.3 Å². The first-order valence-corrected chi connectivity index (χ1v) is 5.96. The van der Waals surface area contributed by atoms with E-state index in [2.05, 4.69) is 16.1 Å². The predicted octanol–water partition coefficient (Wildman–Crippen LogP) is 3.14. The monoisotopic (exact) mass is 252 g/mol. The van der Waals surface area contributed by atoms with Gasteiger partial charge in [-0.15, -0.1) is 0 Å². The summed E-state index contributed by atoms with van der Waals surface area (Å²) >= 11 is 0. The van der Waals surface area contributed by atoms with Crippen LogP contribution in [0.1, 0.15) is 18.4 Å². The Hall–Kier alpha value is -2.54. The standard InChI is InChI=1S/C15H12N2O2/c18-10-16-14-6-4-12(5-7-14)8-13-2-1-3-15(9-13)17-11-19/h2,4-7,9H,1,3,8H2. The zero-order valence-corrected chi connectivity index (χ0v) is 10.3. The third-order valence-corrected chi connectivity index (χ3v) is 2.87. The summed E-state index contributed by atoms with van der Waals surface area (Å²) in [5, 5.41) is 0. The van der Waals surface area contributed by atoms with Gasteiger partial charge in [0.05, 0.1) is 11.4 Å². The first-order valence-electron chi connectivity index (χ1n) is 5.96. The second-order valence-electron chi connectivity index (χ2n) is 4.20. The van der Waals surface area contributed by atoms with Gasteiger partial charge in [0, 0.05) is 0 Å². The summed E-state index contributed by atoms with van der Waals surface area (Å²) < 4.78 is 0. The van der Waals surface area contributed by atoms with E-state index >= 15 is 0 Å². The highest BCUT2D eigenvalue weighted by atomic mass is 16.1. The first-order chi connectivity index (χ1) is 9.31. The zero-order valence-electron chi connectivity index (χ0n) is 10.3. The van der Waals surface area contributed by atoms with Crippen LogP contribution >= 0.6 is 0 Å². The van der Waals surface area contributed by atoms with Crippen molar-refractivity contribution in [1.29, 1.82) is 0 Å². The molecule has 0 aromatic heterocycles. The molecule has 0 fully saturated rings. The summed E-state index contributed by atoms with van der Waals surface area (Å²) in [6, 6.07) is 7.39. The molecule has 2 rings (SSSR count). The van der Waals surface area contributed by atoms with Crippen molar-refractivity contribution in [1.82, 2.24) is 0 Å². The second-order valence-corrected chi connectivity index (χ2v) is 4.20. The molecule has 0 spiro atoms. The molecule has 1 aromatic carbocycles. The molecular weight excluding hydrogens is 240 g/mol. The number of benzene rings is 1. The normalized spacial score (nSPS) is 13.7. The Kier molecular flexibility index (Phi) is 4.35. The van der Waals surface area contributed by atoms with Crippen molar-refractivity contribution in [3.05, 3.63) is 53.3 Å². The molecule has 0 N–H and O–H groups in total. The van der Waals surface area contributed by atoms with Crippen molar-refractivity contribution < 1.29 is 9.59 Å². The lowest BCUT2D eigenvalue weighted by atomic mass is 9.98. The van der Waals surface area contributed by atoms with Gasteiger partial charge in [-0.2, -0.15) is 9.98 Å². The van der Waals surface area contributed by atoms with Gasteiger partial charge in [0.2, 0.25) is 12.2 Å². The van der Waals surface area contributed by atoms with E-state index in [1.54, 1.807) is 18.2 Å². The maximum Gasteiger partial charge on any atom is 0.240 e. The average molecular weight is 252 g/mol. The van der Waals surface area contributed by atoms with E-state index in [-0.39, 0.29) is 0 Å². The molecule has 19 heavy (non-hydrogen) atoms. The van der Waals surface area contributed by atoms with Gasteiger partial charge in [0.15, 0.2) is 0 Å². The third kappa shape index (κ3) is 3.71. The molecule has 94 valence electrons. The van der Waals surface area contributed by atoms with Crippen molar-refractivity contribution in [2.24, 2.45) is 9.98 Å². The van der Waals surface area contributed by atoms with Crippen LogP contribution in [0.15, 0.2) is 57.7 Å². The maximum atomic E-state index is 10.2. The topological polar surface area (TPSA) is 58.9 Å². The van der Waals surface area contributed by atoms with Crippen LogP contribution in [-0.4, -0.2) is 12.2 Å². The van der Waals surface area contributed by atoms with Gasteiger partial charge in [0.1, 0.15) is 0 Å². The van der Waals surface area contributed by atoms with Gasteiger partial charge in [0.25, 0.3) is 0 Å². The Bertz CT molecular complexity index is 614. The molecule has 0 heterocycles. The SMILES string of the molecule is O=C=NC1=CC(Cc2ccc(N=C=O)cc2)=CCC1. The van der Waals surface area contributed by atoms with Crippen LogP contribution in [0.25, 0.3) is 0 Å². The Morgan fingerprint density at radius 3 is 2.47 bits per heavy atom. The van der Waals surface area contributed by atoms with Crippen LogP contribution in [-0.2, 0) is 16.0 Å². The maximum absolute atomic E-state index is 10.2.